The third kappa shape index (κ3) is 2.63. The largest absolute Gasteiger partial charge is 0.381 e. The summed E-state index contributed by atoms with van der Waals surface area (Å²) in [5.74, 6) is 0. The second kappa shape index (κ2) is 6.19. The van der Waals surface area contributed by atoms with Crippen molar-refractivity contribution in [1.29, 1.82) is 0 Å². The van der Waals surface area contributed by atoms with Crippen molar-refractivity contribution in [2.24, 2.45) is 0 Å². The molecular formula is C21H22N2O3S. The van der Waals surface area contributed by atoms with E-state index >= 15 is 0 Å². The van der Waals surface area contributed by atoms with Gasteiger partial charge in [0.1, 0.15) is 0 Å². The van der Waals surface area contributed by atoms with Crippen LogP contribution in [0, 0.1) is 0 Å². The summed E-state index contributed by atoms with van der Waals surface area (Å²) >= 11 is 0. The Morgan fingerprint density at radius 1 is 0.963 bits per heavy atom. The first-order valence-corrected chi connectivity index (χ1v) is 10.9. The molecule has 2 N–H and O–H groups in total. The summed E-state index contributed by atoms with van der Waals surface area (Å²) in [6.07, 6.45) is 2.81. The third-order valence-electron chi connectivity index (χ3n) is 5.90. The average Bonchev–Trinajstić information content (AvgIpc) is 3.09. The number of hydrogen-bond donors (Lipinski definition) is 2. The van der Waals surface area contributed by atoms with Crippen molar-refractivity contribution in [2.75, 3.05) is 19.8 Å². The molecule has 27 heavy (non-hydrogen) atoms. The quantitative estimate of drug-likeness (QED) is 0.714. The molecule has 1 saturated heterocycles. The fraction of sp³-hybridized carbons (Fsp3) is 0.333. The lowest BCUT2D eigenvalue weighted by atomic mass is 9.81. The van der Waals surface area contributed by atoms with Crippen molar-refractivity contribution in [1.82, 2.24) is 10.3 Å². The molecule has 0 amide bonds. The van der Waals surface area contributed by atoms with Gasteiger partial charge in [0.25, 0.3) is 0 Å². The van der Waals surface area contributed by atoms with Crippen molar-refractivity contribution in [3.05, 3.63) is 59.8 Å². The minimum absolute atomic E-state index is 0.0800. The maximum Gasteiger partial charge on any atom is 0.206 e. The number of benzene rings is 2. The molecule has 1 aromatic heterocycles. The SMILES string of the molecule is O=S(=O)(c1ccccc1)c1ccc2c3c([nH]c2c1)C1(CCOCC1)NCC3. The Labute approximate surface area is 158 Å². The highest BCUT2D eigenvalue weighted by Gasteiger charge is 2.40. The van der Waals surface area contributed by atoms with Crippen LogP contribution in [0.2, 0.25) is 0 Å². The Hall–Kier alpha value is -2.15. The summed E-state index contributed by atoms with van der Waals surface area (Å²) in [6, 6.07) is 14.1. The summed E-state index contributed by atoms with van der Waals surface area (Å²) in [5.41, 5.74) is 3.34. The minimum atomic E-state index is -3.52. The molecule has 1 fully saturated rings. The highest BCUT2D eigenvalue weighted by Crippen LogP contribution is 2.40. The molecule has 140 valence electrons. The lowest BCUT2D eigenvalue weighted by molar-refractivity contribution is 0.0327. The Bertz CT molecular complexity index is 1100. The molecule has 0 radical (unpaired) electrons. The van der Waals surface area contributed by atoms with Gasteiger partial charge in [0, 0.05) is 36.4 Å². The van der Waals surface area contributed by atoms with E-state index in [1.54, 1.807) is 36.4 Å². The van der Waals surface area contributed by atoms with Crippen molar-refractivity contribution >= 4 is 20.7 Å². The van der Waals surface area contributed by atoms with Crippen LogP contribution in [-0.2, 0) is 26.5 Å². The van der Waals surface area contributed by atoms with E-state index in [1.807, 2.05) is 12.1 Å². The van der Waals surface area contributed by atoms with E-state index in [2.05, 4.69) is 10.3 Å². The monoisotopic (exact) mass is 382 g/mol. The van der Waals surface area contributed by atoms with E-state index in [4.69, 9.17) is 4.74 Å². The van der Waals surface area contributed by atoms with Gasteiger partial charge in [-0.15, -0.1) is 0 Å². The van der Waals surface area contributed by atoms with Gasteiger partial charge < -0.3 is 15.0 Å². The number of sulfone groups is 1. The number of aromatic amines is 1. The number of rotatable bonds is 2. The molecule has 5 nitrogen and oxygen atoms in total. The van der Waals surface area contributed by atoms with E-state index in [-0.39, 0.29) is 5.54 Å². The van der Waals surface area contributed by atoms with Crippen LogP contribution in [0.4, 0.5) is 0 Å². The van der Waals surface area contributed by atoms with E-state index in [9.17, 15) is 8.42 Å². The third-order valence-corrected chi connectivity index (χ3v) is 7.67. The van der Waals surface area contributed by atoms with Gasteiger partial charge in [-0.25, -0.2) is 8.42 Å². The number of ether oxygens (including phenoxy) is 1. The van der Waals surface area contributed by atoms with Crippen molar-refractivity contribution in [3.63, 3.8) is 0 Å². The molecular weight excluding hydrogens is 360 g/mol. The first kappa shape index (κ1) is 17.0. The molecule has 3 aromatic rings. The Morgan fingerprint density at radius 3 is 2.52 bits per heavy atom. The van der Waals surface area contributed by atoms with Crippen LogP contribution in [0.25, 0.3) is 10.9 Å². The van der Waals surface area contributed by atoms with Gasteiger partial charge in [-0.1, -0.05) is 24.3 Å². The number of H-pyrrole nitrogens is 1. The first-order valence-electron chi connectivity index (χ1n) is 9.38. The topological polar surface area (TPSA) is 71.2 Å². The minimum Gasteiger partial charge on any atom is -0.381 e. The Balaban J connectivity index is 1.64. The van der Waals surface area contributed by atoms with Crippen LogP contribution in [0.3, 0.4) is 0 Å². The predicted octanol–water partition coefficient (Wildman–Crippen LogP) is 3.15. The summed E-state index contributed by atoms with van der Waals surface area (Å²) < 4.78 is 31.5. The second-order valence-electron chi connectivity index (χ2n) is 7.37. The molecule has 0 saturated carbocycles. The fourth-order valence-corrected chi connectivity index (χ4v) is 5.78. The van der Waals surface area contributed by atoms with Crippen LogP contribution < -0.4 is 5.32 Å². The molecule has 0 aliphatic carbocycles. The number of fused-ring (bicyclic) bond motifs is 4. The van der Waals surface area contributed by atoms with Crippen LogP contribution in [0.1, 0.15) is 24.1 Å². The predicted molar refractivity (Wildman–Crippen MR) is 104 cm³/mol. The van der Waals surface area contributed by atoms with Crippen LogP contribution in [-0.4, -0.2) is 33.2 Å². The van der Waals surface area contributed by atoms with Crippen molar-refractivity contribution < 1.29 is 13.2 Å². The smallest absolute Gasteiger partial charge is 0.206 e. The summed E-state index contributed by atoms with van der Waals surface area (Å²) in [4.78, 5) is 4.21. The molecule has 2 aliphatic heterocycles. The van der Waals surface area contributed by atoms with E-state index < -0.39 is 9.84 Å². The standard InChI is InChI=1S/C21H22N2O3S/c24-27(25,15-4-2-1-3-5-15)16-6-7-17-18-8-11-22-21(9-12-26-13-10-21)20(18)23-19(17)14-16/h1-7,14,22-23H,8-13H2. The van der Waals surface area contributed by atoms with Crippen LogP contribution in [0.5, 0.6) is 0 Å². The maximum absolute atomic E-state index is 13.0. The second-order valence-corrected chi connectivity index (χ2v) is 9.32. The molecule has 3 heterocycles. The summed E-state index contributed by atoms with van der Waals surface area (Å²) in [5, 5.41) is 4.82. The molecule has 5 rings (SSSR count). The molecule has 0 atom stereocenters. The van der Waals surface area contributed by atoms with E-state index in [1.165, 1.54) is 11.3 Å². The number of hydrogen-bond acceptors (Lipinski definition) is 4. The fourth-order valence-electron chi connectivity index (χ4n) is 4.47. The first-order chi connectivity index (χ1) is 13.1. The molecule has 2 aromatic carbocycles. The highest BCUT2D eigenvalue weighted by molar-refractivity contribution is 7.91. The van der Waals surface area contributed by atoms with Gasteiger partial charge in [-0.2, -0.15) is 0 Å². The van der Waals surface area contributed by atoms with Crippen LogP contribution in [0.15, 0.2) is 58.3 Å². The molecule has 1 spiro atoms. The highest BCUT2D eigenvalue weighted by atomic mass is 32.2. The molecule has 0 bridgehead atoms. The summed E-state index contributed by atoms with van der Waals surface area (Å²) in [7, 11) is -3.52. The van der Waals surface area contributed by atoms with E-state index in [0.717, 1.165) is 49.9 Å². The molecule has 6 heteroatoms. The Morgan fingerprint density at radius 2 is 1.74 bits per heavy atom. The zero-order valence-corrected chi connectivity index (χ0v) is 15.8. The normalized spacial score (nSPS) is 19.3. The van der Waals surface area contributed by atoms with Crippen molar-refractivity contribution in [2.45, 2.75) is 34.6 Å². The maximum atomic E-state index is 13.0. The zero-order valence-electron chi connectivity index (χ0n) is 15.0. The van der Waals surface area contributed by atoms with Crippen LogP contribution >= 0.6 is 0 Å². The van der Waals surface area contributed by atoms with Gasteiger partial charge in [0.15, 0.2) is 0 Å². The van der Waals surface area contributed by atoms with Crippen molar-refractivity contribution in [3.8, 4) is 0 Å². The van der Waals surface area contributed by atoms with Gasteiger partial charge in [0.05, 0.1) is 15.3 Å². The van der Waals surface area contributed by atoms with Gasteiger partial charge in [0.2, 0.25) is 9.84 Å². The van der Waals surface area contributed by atoms with Gasteiger partial charge in [-0.3, -0.25) is 0 Å². The average molecular weight is 382 g/mol. The molecule has 0 unspecified atom stereocenters. The van der Waals surface area contributed by atoms with Gasteiger partial charge >= 0.3 is 0 Å². The number of aromatic nitrogens is 1. The van der Waals surface area contributed by atoms with Gasteiger partial charge in [-0.05, 0) is 49.1 Å². The lowest BCUT2D eigenvalue weighted by Gasteiger charge is -2.41. The zero-order chi connectivity index (χ0) is 18.5. The Kier molecular flexibility index (Phi) is 3.89. The van der Waals surface area contributed by atoms with E-state index in [0.29, 0.717) is 9.79 Å². The summed E-state index contributed by atoms with van der Waals surface area (Å²) in [6.45, 7) is 2.43. The molecule has 2 aliphatic rings. The number of nitrogens with one attached hydrogen (secondary N) is 2. The lowest BCUT2D eigenvalue weighted by Crippen LogP contribution is -2.50.